The van der Waals surface area contributed by atoms with Gasteiger partial charge in [-0.2, -0.15) is 0 Å². The second kappa shape index (κ2) is 6.73. The molecular weight excluding hydrogens is 208 g/mol. The summed E-state index contributed by atoms with van der Waals surface area (Å²) in [6.07, 6.45) is 3.17. The number of benzene rings is 1. The highest BCUT2D eigenvalue weighted by Crippen LogP contribution is 2.16. The molecule has 0 aliphatic carbocycles. The van der Waals surface area contributed by atoms with E-state index in [1.165, 1.54) is 12.0 Å². The predicted octanol–water partition coefficient (Wildman–Crippen LogP) is 4.04. The van der Waals surface area contributed by atoms with E-state index in [4.69, 9.17) is 16.3 Å². The van der Waals surface area contributed by atoms with Crippen LogP contribution in [0.15, 0.2) is 24.3 Å². The smallest absolute Gasteiger partial charge is 0.119 e. The Labute approximate surface area is 97.4 Å². The summed E-state index contributed by atoms with van der Waals surface area (Å²) in [7, 11) is 0. The molecule has 0 aromatic heterocycles. The summed E-state index contributed by atoms with van der Waals surface area (Å²) in [5.74, 6) is 0.957. The molecule has 0 radical (unpaired) electrons. The van der Waals surface area contributed by atoms with Gasteiger partial charge >= 0.3 is 0 Å². The van der Waals surface area contributed by atoms with E-state index in [2.05, 4.69) is 19.1 Å². The highest BCUT2D eigenvalue weighted by molar-refractivity contribution is 6.20. The minimum Gasteiger partial charge on any atom is -0.494 e. The van der Waals surface area contributed by atoms with Crippen molar-refractivity contribution in [1.29, 1.82) is 0 Å². The summed E-state index contributed by atoms with van der Waals surface area (Å²) in [6.45, 7) is 4.97. The van der Waals surface area contributed by atoms with E-state index in [-0.39, 0.29) is 5.38 Å². The molecule has 1 unspecified atom stereocenters. The van der Waals surface area contributed by atoms with Crippen molar-refractivity contribution >= 4 is 11.6 Å². The molecule has 0 aliphatic rings. The van der Waals surface area contributed by atoms with E-state index < -0.39 is 0 Å². The van der Waals surface area contributed by atoms with Crippen molar-refractivity contribution in [3.8, 4) is 5.75 Å². The van der Waals surface area contributed by atoms with Crippen molar-refractivity contribution in [1.82, 2.24) is 0 Å². The van der Waals surface area contributed by atoms with Crippen LogP contribution in [0.25, 0.3) is 0 Å². The molecule has 1 aromatic rings. The third-order valence-electron chi connectivity index (χ3n) is 2.18. The summed E-state index contributed by atoms with van der Waals surface area (Å²) in [5, 5.41) is 0.177. The molecule has 1 aromatic carbocycles. The first-order chi connectivity index (χ1) is 7.22. The molecule has 0 aliphatic heterocycles. The molecule has 0 saturated heterocycles. The SMILES string of the molecule is CCCCOc1cccc(CC(C)Cl)c1. The Morgan fingerprint density at radius 1 is 1.40 bits per heavy atom. The molecule has 1 rings (SSSR count). The van der Waals surface area contributed by atoms with Crippen LogP contribution in [-0.2, 0) is 6.42 Å². The Kier molecular flexibility index (Phi) is 5.56. The molecular formula is C13H19ClO. The van der Waals surface area contributed by atoms with Crippen LogP contribution in [0.2, 0.25) is 0 Å². The highest BCUT2D eigenvalue weighted by atomic mass is 35.5. The summed E-state index contributed by atoms with van der Waals surface area (Å²) in [6, 6.07) is 8.19. The molecule has 0 bridgehead atoms. The normalized spacial score (nSPS) is 12.5. The molecule has 15 heavy (non-hydrogen) atoms. The second-order valence-electron chi connectivity index (χ2n) is 3.83. The Morgan fingerprint density at radius 2 is 2.20 bits per heavy atom. The van der Waals surface area contributed by atoms with Gasteiger partial charge in [0.2, 0.25) is 0 Å². The van der Waals surface area contributed by atoms with E-state index >= 15 is 0 Å². The number of rotatable bonds is 6. The maximum Gasteiger partial charge on any atom is 0.119 e. The average Bonchev–Trinajstić information content (AvgIpc) is 2.18. The van der Waals surface area contributed by atoms with Gasteiger partial charge in [-0.1, -0.05) is 25.5 Å². The lowest BCUT2D eigenvalue weighted by Crippen LogP contribution is -1.99. The molecule has 0 amide bonds. The van der Waals surface area contributed by atoms with Crippen molar-refractivity contribution in [2.75, 3.05) is 6.61 Å². The number of halogens is 1. The van der Waals surface area contributed by atoms with Crippen molar-refractivity contribution in [3.05, 3.63) is 29.8 Å². The van der Waals surface area contributed by atoms with E-state index in [1.807, 2.05) is 19.1 Å². The van der Waals surface area contributed by atoms with Crippen molar-refractivity contribution < 1.29 is 4.74 Å². The lowest BCUT2D eigenvalue weighted by atomic mass is 10.1. The van der Waals surface area contributed by atoms with Crippen LogP contribution in [0.1, 0.15) is 32.3 Å². The van der Waals surface area contributed by atoms with Crippen LogP contribution < -0.4 is 4.74 Å². The van der Waals surface area contributed by atoms with Crippen LogP contribution in [0.4, 0.5) is 0 Å². The summed E-state index contributed by atoms with van der Waals surface area (Å²) < 4.78 is 5.63. The number of unbranched alkanes of at least 4 members (excludes halogenated alkanes) is 1. The summed E-state index contributed by atoms with van der Waals surface area (Å²) in [4.78, 5) is 0. The van der Waals surface area contributed by atoms with Crippen LogP contribution in [0.3, 0.4) is 0 Å². The van der Waals surface area contributed by atoms with Gasteiger partial charge < -0.3 is 4.74 Å². The maximum atomic E-state index is 5.95. The molecule has 84 valence electrons. The van der Waals surface area contributed by atoms with Crippen LogP contribution >= 0.6 is 11.6 Å². The number of alkyl halides is 1. The Hall–Kier alpha value is -0.690. The van der Waals surface area contributed by atoms with Crippen LogP contribution in [0, 0.1) is 0 Å². The van der Waals surface area contributed by atoms with Gasteiger partial charge in [0.1, 0.15) is 5.75 Å². The van der Waals surface area contributed by atoms with Crippen molar-refractivity contribution in [2.24, 2.45) is 0 Å². The first kappa shape index (κ1) is 12.4. The molecule has 0 spiro atoms. The highest BCUT2D eigenvalue weighted by Gasteiger charge is 2.00. The predicted molar refractivity (Wildman–Crippen MR) is 65.9 cm³/mol. The van der Waals surface area contributed by atoms with E-state index in [0.29, 0.717) is 0 Å². The minimum absolute atomic E-state index is 0.177. The largest absolute Gasteiger partial charge is 0.494 e. The van der Waals surface area contributed by atoms with Gasteiger partial charge in [0.05, 0.1) is 6.61 Å². The molecule has 0 saturated carbocycles. The van der Waals surface area contributed by atoms with E-state index in [1.54, 1.807) is 0 Å². The fourth-order valence-corrected chi connectivity index (χ4v) is 1.60. The zero-order valence-electron chi connectivity index (χ0n) is 9.50. The average molecular weight is 227 g/mol. The summed E-state index contributed by atoms with van der Waals surface area (Å²) >= 11 is 5.95. The van der Waals surface area contributed by atoms with Crippen molar-refractivity contribution in [2.45, 2.75) is 38.5 Å². The van der Waals surface area contributed by atoms with Crippen molar-refractivity contribution in [3.63, 3.8) is 0 Å². The lowest BCUT2D eigenvalue weighted by molar-refractivity contribution is 0.309. The van der Waals surface area contributed by atoms with Gasteiger partial charge in [-0.3, -0.25) is 0 Å². The molecule has 1 atom stereocenters. The standard InChI is InChI=1S/C13H19ClO/c1-3-4-8-15-13-7-5-6-12(10-13)9-11(2)14/h5-7,10-11H,3-4,8-9H2,1-2H3. The number of hydrogen-bond donors (Lipinski definition) is 0. The fourth-order valence-electron chi connectivity index (χ4n) is 1.42. The Morgan fingerprint density at radius 3 is 2.87 bits per heavy atom. The number of hydrogen-bond acceptors (Lipinski definition) is 1. The fraction of sp³-hybridized carbons (Fsp3) is 0.538. The van der Waals surface area contributed by atoms with Gasteiger partial charge in [-0.25, -0.2) is 0 Å². The van der Waals surface area contributed by atoms with Gasteiger partial charge in [0.15, 0.2) is 0 Å². The van der Waals surface area contributed by atoms with Crippen LogP contribution in [0.5, 0.6) is 5.75 Å². The molecule has 0 N–H and O–H groups in total. The topological polar surface area (TPSA) is 9.23 Å². The molecule has 0 heterocycles. The van der Waals surface area contributed by atoms with Gasteiger partial charge in [-0.15, -0.1) is 11.6 Å². The third-order valence-corrected chi connectivity index (χ3v) is 2.34. The minimum atomic E-state index is 0.177. The summed E-state index contributed by atoms with van der Waals surface area (Å²) in [5.41, 5.74) is 1.24. The quantitative estimate of drug-likeness (QED) is 0.526. The van der Waals surface area contributed by atoms with E-state index in [9.17, 15) is 0 Å². The van der Waals surface area contributed by atoms with Gasteiger partial charge in [0, 0.05) is 5.38 Å². The Bertz CT molecular complexity index is 284. The van der Waals surface area contributed by atoms with Crippen LogP contribution in [-0.4, -0.2) is 12.0 Å². The monoisotopic (exact) mass is 226 g/mol. The molecule has 0 fully saturated rings. The van der Waals surface area contributed by atoms with Gasteiger partial charge in [-0.05, 0) is 37.5 Å². The second-order valence-corrected chi connectivity index (χ2v) is 4.58. The first-order valence-electron chi connectivity index (χ1n) is 5.58. The van der Waals surface area contributed by atoms with E-state index in [0.717, 1.165) is 25.2 Å². The molecule has 2 heteroatoms. The zero-order chi connectivity index (χ0) is 11.1. The van der Waals surface area contributed by atoms with Gasteiger partial charge in [0.25, 0.3) is 0 Å². The number of ether oxygens (including phenoxy) is 1. The first-order valence-corrected chi connectivity index (χ1v) is 6.02. The molecule has 1 nitrogen and oxygen atoms in total. The zero-order valence-corrected chi connectivity index (χ0v) is 10.3. The maximum absolute atomic E-state index is 5.95. The third kappa shape index (κ3) is 5.08. The Balaban J connectivity index is 2.50. The lowest BCUT2D eigenvalue weighted by Gasteiger charge is -2.08.